The molecule has 2 nitrogen and oxygen atoms in total. The molecule has 2 rings (SSSR count). The largest absolute Gasteiger partial charge is 0.507 e. The van der Waals surface area contributed by atoms with Crippen LogP contribution in [0.25, 0.3) is 0 Å². The minimum absolute atomic E-state index is 0.217. The second kappa shape index (κ2) is 7.40. The Morgan fingerprint density at radius 1 is 0.875 bits per heavy atom. The zero-order valence-corrected chi connectivity index (χ0v) is 19.1. The van der Waals surface area contributed by atoms with Crippen molar-refractivity contribution in [1.29, 1.82) is 0 Å². The number of phenols is 2. The summed E-state index contributed by atoms with van der Waals surface area (Å²) in [5, 5.41) is 21.6. The number of benzene rings is 2. The molecule has 0 fully saturated rings. The fourth-order valence-electron chi connectivity index (χ4n) is 3.24. The number of hydrogen-bond acceptors (Lipinski definition) is 2. The molecule has 0 aliphatic heterocycles. The molecule has 0 heterocycles. The normalized spacial score (nSPS) is 13.1. The molecule has 1 unspecified atom stereocenters. The highest BCUT2D eigenvalue weighted by atomic mass is 127. The van der Waals surface area contributed by atoms with Gasteiger partial charge in [-0.1, -0.05) is 87.5 Å². The lowest BCUT2D eigenvalue weighted by atomic mass is 9.83. The van der Waals surface area contributed by atoms with Gasteiger partial charge in [0.2, 0.25) is 0 Å². The van der Waals surface area contributed by atoms with Crippen LogP contribution in [0.4, 0.5) is 0 Å². The minimum Gasteiger partial charge on any atom is -0.507 e. The van der Waals surface area contributed by atoms with Gasteiger partial charge in [-0.3, -0.25) is 0 Å². The van der Waals surface area contributed by atoms with E-state index in [1.807, 2.05) is 52.0 Å². The van der Waals surface area contributed by atoms with Crippen LogP contribution in [0.3, 0.4) is 0 Å². The van der Waals surface area contributed by atoms with Crippen LogP contribution in [0, 0.1) is 27.7 Å². The van der Waals surface area contributed by atoms with E-state index in [0.717, 1.165) is 39.8 Å². The van der Waals surface area contributed by atoms with Gasteiger partial charge in [-0.25, -0.2) is 0 Å². The van der Waals surface area contributed by atoms with Crippen LogP contribution in [-0.4, -0.2) is 14.1 Å². The Balaban J connectivity index is 2.88. The molecule has 4 heteroatoms. The molecule has 0 aliphatic rings. The first-order valence-electron chi connectivity index (χ1n) is 8.07. The summed E-state index contributed by atoms with van der Waals surface area (Å²) in [4.78, 5) is 0. The zero-order chi connectivity index (χ0) is 18.2. The van der Waals surface area contributed by atoms with Crippen LogP contribution in [0.1, 0.15) is 46.7 Å². The highest BCUT2D eigenvalue weighted by Gasteiger charge is 2.42. The monoisotopic (exact) mass is 550 g/mol. The maximum atomic E-state index is 10.8. The predicted octanol–water partition coefficient (Wildman–Crippen LogP) is 6.22. The molecule has 0 spiro atoms. The van der Waals surface area contributed by atoms with E-state index in [9.17, 15) is 10.2 Å². The van der Waals surface area contributed by atoms with Gasteiger partial charge in [-0.05, 0) is 45.2 Å². The average molecular weight is 550 g/mol. The number of aryl methyl sites for hydroxylation is 4. The van der Waals surface area contributed by atoms with Crippen molar-refractivity contribution in [3.63, 3.8) is 0 Å². The molecule has 0 radical (unpaired) electrons. The zero-order valence-electron chi connectivity index (χ0n) is 14.7. The summed E-state index contributed by atoms with van der Waals surface area (Å²) < 4.78 is -0.288. The Bertz CT molecular complexity index is 711. The van der Waals surface area contributed by atoms with E-state index in [4.69, 9.17) is 0 Å². The quantitative estimate of drug-likeness (QED) is 0.351. The highest BCUT2D eigenvalue weighted by molar-refractivity contribution is 14.1. The van der Waals surface area contributed by atoms with Gasteiger partial charge >= 0.3 is 0 Å². The van der Waals surface area contributed by atoms with E-state index in [2.05, 4.69) is 52.1 Å². The van der Waals surface area contributed by atoms with Crippen molar-refractivity contribution in [2.75, 3.05) is 0 Å². The van der Waals surface area contributed by atoms with Crippen molar-refractivity contribution in [3.05, 3.63) is 57.6 Å². The van der Waals surface area contributed by atoms with Gasteiger partial charge in [0.25, 0.3) is 0 Å². The Hall–Kier alpha value is -0.500. The van der Waals surface area contributed by atoms with Gasteiger partial charge in [0.1, 0.15) is 11.5 Å². The van der Waals surface area contributed by atoms with Crippen molar-refractivity contribution in [2.24, 2.45) is 0 Å². The Morgan fingerprint density at radius 3 is 1.58 bits per heavy atom. The molecular formula is C20H24I2O2. The van der Waals surface area contributed by atoms with Crippen LogP contribution in [0.2, 0.25) is 0 Å². The lowest BCUT2D eigenvalue weighted by molar-refractivity contribution is 0.445. The lowest BCUT2D eigenvalue weighted by Crippen LogP contribution is -2.31. The summed E-state index contributed by atoms with van der Waals surface area (Å²) >= 11 is 4.86. The third kappa shape index (κ3) is 3.41. The summed E-state index contributed by atoms with van der Waals surface area (Å²) in [6.45, 7) is 10.1. The average Bonchev–Trinajstić information content (AvgIpc) is 2.52. The van der Waals surface area contributed by atoms with Crippen molar-refractivity contribution in [3.8, 4) is 11.5 Å². The van der Waals surface area contributed by atoms with Crippen LogP contribution in [0.5, 0.6) is 11.5 Å². The summed E-state index contributed by atoms with van der Waals surface area (Å²) in [5.41, 5.74) is 5.73. The van der Waals surface area contributed by atoms with Crippen LogP contribution in [0.15, 0.2) is 24.3 Å². The molecule has 2 aromatic carbocycles. The molecule has 0 amide bonds. The molecule has 0 bridgehead atoms. The molecule has 2 N–H and O–H groups in total. The first kappa shape index (κ1) is 19.8. The van der Waals surface area contributed by atoms with Gasteiger partial charge in [-0.2, -0.15) is 0 Å². The Morgan fingerprint density at radius 2 is 1.25 bits per heavy atom. The number of phenolic OH excluding ortho intramolecular Hbond substituents is 2. The van der Waals surface area contributed by atoms with Gasteiger partial charge in [0.15, 0.2) is 0 Å². The Labute approximate surface area is 172 Å². The molecular weight excluding hydrogens is 526 g/mol. The highest BCUT2D eigenvalue weighted by Crippen LogP contribution is 2.53. The first-order chi connectivity index (χ1) is 11.1. The lowest BCUT2D eigenvalue weighted by Gasteiger charge is -2.35. The third-order valence-electron chi connectivity index (χ3n) is 4.46. The molecule has 0 saturated heterocycles. The second-order valence-electron chi connectivity index (χ2n) is 6.54. The van der Waals surface area contributed by atoms with Gasteiger partial charge in [0.05, 0.1) is 3.42 Å². The molecule has 130 valence electrons. The molecule has 2 aromatic rings. The van der Waals surface area contributed by atoms with Crippen molar-refractivity contribution < 1.29 is 10.2 Å². The summed E-state index contributed by atoms with van der Waals surface area (Å²) in [7, 11) is 0. The van der Waals surface area contributed by atoms with Gasteiger partial charge < -0.3 is 10.2 Å². The second-order valence-corrected chi connectivity index (χ2v) is 9.75. The smallest absolute Gasteiger partial charge is 0.123 e. The summed E-state index contributed by atoms with van der Waals surface area (Å²) in [5.74, 6) is 0.646. The minimum atomic E-state index is -0.505. The molecule has 1 atom stereocenters. The molecule has 0 aliphatic carbocycles. The summed E-state index contributed by atoms with van der Waals surface area (Å²) in [6, 6.07) is 8.08. The maximum absolute atomic E-state index is 10.8. The van der Waals surface area contributed by atoms with Crippen molar-refractivity contribution in [2.45, 2.75) is 48.4 Å². The van der Waals surface area contributed by atoms with Crippen LogP contribution >= 0.6 is 45.2 Å². The molecule has 0 saturated carbocycles. The number of aromatic hydroxyl groups is 2. The van der Waals surface area contributed by atoms with Gasteiger partial charge in [0, 0.05) is 15.1 Å². The van der Waals surface area contributed by atoms with E-state index >= 15 is 0 Å². The SMILES string of the molecule is CCC(I)C(I)(c1cc(C)cc(C)c1O)c1cc(C)cc(C)c1O. The van der Waals surface area contributed by atoms with E-state index in [1.165, 1.54) is 0 Å². The number of rotatable bonds is 4. The fourth-order valence-corrected chi connectivity index (χ4v) is 5.17. The van der Waals surface area contributed by atoms with Gasteiger partial charge in [-0.15, -0.1) is 0 Å². The van der Waals surface area contributed by atoms with Crippen LogP contribution < -0.4 is 0 Å². The topological polar surface area (TPSA) is 40.5 Å². The first-order valence-corrected chi connectivity index (χ1v) is 10.4. The number of alkyl halides is 2. The van der Waals surface area contributed by atoms with E-state index in [1.54, 1.807) is 0 Å². The number of halogens is 2. The predicted molar refractivity (Wildman–Crippen MR) is 118 cm³/mol. The van der Waals surface area contributed by atoms with E-state index in [0.29, 0.717) is 11.5 Å². The van der Waals surface area contributed by atoms with E-state index in [-0.39, 0.29) is 3.92 Å². The molecule has 24 heavy (non-hydrogen) atoms. The van der Waals surface area contributed by atoms with E-state index < -0.39 is 3.42 Å². The maximum Gasteiger partial charge on any atom is 0.123 e. The van der Waals surface area contributed by atoms with Crippen molar-refractivity contribution >= 4 is 45.2 Å². The summed E-state index contributed by atoms with van der Waals surface area (Å²) in [6.07, 6.45) is 0.933. The molecule has 0 aromatic heterocycles. The fraction of sp³-hybridized carbons (Fsp3) is 0.400. The standard InChI is InChI=1S/C20H24I2O2/c1-6-17(21)20(22,15-9-11(2)7-13(4)18(15)23)16-10-12(3)8-14(5)19(16)24/h7-10,17,23-24H,6H2,1-5H3. The third-order valence-corrected chi connectivity index (χ3v) is 9.38. The van der Waals surface area contributed by atoms with Crippen molar-refractivity contribution in [1.82, 2.24) is 0 Å². The Kier molecular flexibility index (Phi) is 6.11. The van der Waals surface area contributed by atoms with Crippen LogP contribution in [-0.2, 0) is 3.42 Å². The number of hydrogen-bond donors (Lipinski definition) is 2.